The average molecular weight is 202 g/mol. The molecular formula is C11H8NOS+. The summed E-state index contributed by atoms with van der Waals surface area (Å²) in [7, 11) is 0. The van der Waals surface area contributed by atoms with Gasteiger partial charge in [-0.1, -0.05) is 11.3 Å². The van der Waals surface area contributed by atoms with Crippen molar-refractivity contribution in [2.45, 2.75) is 6.54 Å². The standard InChI is InChI=1S/C11H8NOS/c1-2-5-12-8-14-11-4-3-9(7-13)6-10(11)12/h1,3-4,6-8H,5H2/q+1. The minimum absolute atomic E-state index is 0.544. The van der Waals surface area contributed by atoms with Crippen LogP contribution in [0.3, 0.4) is 0 Å². The van der Waals surface area contributed by atoms with Crippen molar-refractivity contribution in [1.82, 2.24) is 0 Å². The maximum atomic E-state index is 10.6. The zero-order valence-electron chi connectivity index (χ0n) is 7.43. The summed E-state index contributed by atoms with van der Waals surface area (Å²) in [5, 5.41) is 0. The van der Waals surface area contributed by atoms with Crippen molar-refractivity contribution >= 4 is 27.8 Å². The maximum Gasteiger partial charge on any atom is 0.226 e. The van der Waals surface area contributed by atoms with Crippen LogP contribution in [-0.4, -0.2) is 6.29 Å². The number of benzene rings is 1. The van der Waals surface area contributed by atoms with Crippen LogP contribution >= 0.6 is 11.3 Å². The van der Waals surface area contributed by atoms with Crippen LogP contribution in [0.1, 0.15) is 10.4 Å². The Morgan fingerprint density at radius 2 is 2.43 bits per heavy atom. The molecule has 1 aromatic heterocycles. The summed E-state index contributed by atoms with van der Waals surface area (Å²) >= 11 is 1.62. The van der Waals surface area contributed by atoms with E-state index in [0.29, 0.717) is 12.1 Å². The molecule has 0 saturated carbocycles. The van der Waals surface area contributed by atoms with E-state index in [1.807, 2.05) is 28.3 Å². The first kappa shape index (κ1) is 8.92. The molecule has 0 atom stereocenters. The van der Waals surface area contributed by atoms with Crippen LogP contribution in [0.15, 0.2) is 23.7 Å². The second-order valence-corrected chi connectivity index (χ2v) is 3.79. The molecule has 0 amide bonds. The molecule has 0 N–H and O–H groups in total. The average Bonchev–Trinajstić information content (AvgIpc) is 2.61. The molecule has 1 heterocycles. The van der Waals surface area contributed by atoms with Gasteiger partial charge in [-0.15, -0.1) is 6.42 Å². The van der Waals surface area contributed by atoms with Crippen molar-refractivity contribution in [2.75, 3.05) is 0 Å². The first-order valence-corrected chi connectivity index (χ1v) is 5.02. The predicted molar refractivity (Wildman–Crippen MR) is 56.2 cm³/mol. The van der Waals surface area contributed by atoms with Gasteiger partial charge in [0.1, 0.15) is 11.0 Å². The van der Waals surface area contributed by atoms with Gasteiger partial charge >= 0.3 is 0 Å². The zero-order chi connectivity index (χ0) is 9.97. The molecule has 14 heavy (non-hydrogen) atoms. The fraction of sp³-hybridized carbons (Fsp3) is 0.0909. The number of terminal acetylenes is 1. The van der Waals surface area contributed by atoms with Gasteiger partial charge in [0.15, 0.2) is 0 Å². The van der Waals surface area contributed by atoms with Crippen molar-refractivity contribution in [1.29, 1.82) is 0 Å². The van der Waals surface area contributed by atoms with Crippen LogP contribution in [0.4, 0.5) is 0 Å². The number of thiazole rings is 1. The lowest BCUT2D eigenvalue weighted by atomic mass is 10.2. The number of aromatic nitrogens is 1. The minimum Gasteiger partial charge on any atom is -0.298 e. The monoisotopic (exact) mass is 202 g/mol. The highest BCUT2D eigenvalue weighted by molar-refractivity contribution is 7.16. The Hall–Kier alpha value is -1.66. The van der Waals surface area contributed by atoms with E-state index in [2.05, 4.69) is 5.92 Å². The van der Waals surface area contributed by atoms with Crippen LogP contribution in [0.25, 0.3) is 10.2 Å². The molecule has 0 aliphatic heterocycles. The number of carbonyl (C=O) groups excluding carboxylic acids is 1. The van der Waals surface area contributed by atoms with E-state index in [4.69, 9.17) is 6.42 Å². The quantitative estimate of drug-likeness (QED) is 0.412. The summed E-state index contributed by atoms with van der Waals surface area (Å²) in [6.45, 7) is 0.544. The molecule has 0 aliphatic rings. The van der Waals surface area contributed by atoms with Gasteiger partial charge in [0.2, 0.25) is 17.6 Å². The third-order valence-corrected chi connectivity index (χ3v) is 2.96. The maximum absolute atomic E-state index is 10.6. The summed E-state index contributed by atoms with van der Waals surface area (Å²) < 4.78 is 3.11. The first-order chi connectivity index (χ1) is 6.85. The predicted octanol–water partition coefficient (Wildman–Crippen LogP) is 1.63. The van der Waals surface area contributed by atoms with Crippen molar-refractivity contribution in [3.8, 4) is 12.3 Å². The summed E-state index contributed by atoms with van der Waals surface area (Å²) in [6.07, 6.45) is 6.09. The number of hydrogen-bond donors (Lipinski definition) is 0. The van der Waals surface area contributed by atoms with Gasteiger partial charge in [-0.05, 0) is 18.1 Å². The molecule has 0 aliphatic carbocycles. The third kappa shape index (κ3) is 1.40. The van der Waals surface area contributed by atoms with Gasteiger partial charge in [0.25, 0.3) is 0 Å². The molecule has 3 heteroatoms. The lowest BCUT2D eigenvalue weighted by Gasteiger charge is -1.89. The summed E-state index contributed by atoms with van der Waals surface area (Å²) in [4.78, 5) is 10.6. The van der Waals surface area contributed by atoms with Gasteiger partial charge < -0.3 is 0 Å². The van der Waals surface area contributed by atoms with E-state index < -0.39 is 0 Å². The Labute approximate surface area is 85.8 Å². The lowest BCUT2D eigenvalue weighted by Crippen LogP contribution is -2.30. The summed E-state index contributed by atoms with van der Waals surface area (Å²) in [5.41, 5.74) is 3.68. The normalized spacial score (nSPS) is 9.93. The number of fused-ring (bicyclic) bond motifs is 1. The largest absolute Gasteiger partial charge is 0.298 e. The number of rotatable bonds is 2. The van der Waals surface area contributed by atoms with Crippen LogP contribution in [0, 0.1) is 12.3 Å². The molecule has 0 unspecified atom stereocenters. The van der Waals surface area contributed by atoms with E-state index in [-0.39, 0.29) is 0 Å². The van der Waals surface area contributed by atoms with Crippen molar-refractivity contribution < 1.29 is 9.36 Å². The molecule has 2 aromatic rings. The lowest BCUT2D eigenvalue weighted by molar-refractivity contribution is -0.654. The third-order valence-electron chi connectivity index (χ3n) is 2.00. The van der Waals surface area contributed by atoms with E-state index >= 15 is 0 Å². The fourth-order valence-electron chi connectivity index (χ4n) is 1.33. The van der Waals surface area contributed by atoms with Gasteiger partial charge in [-0.25, -0.2) is 0 Å². The topological polar surface area (TPSA) is 20.9 Å². The van der Waals surface area contributed by atoms with Crippen molar-refractivity contribution in [3.63, 3.8) is 0 Å². The number of aldehydes is 1. The SMILES string of the molecule is C#CC[n+]1csc2ccc(C=O)cc21. The van der Waals surface area contributed by atoms with Gasteiger partial charge in [-0.3, -0.25) is 4.79 Å². The molecule has 0 spiro atoms. The molecule has 2 rings (SSSR count). The number of carbonyl (C=O) groups is 1. The fourth-order valence-corrected chi connectivity index (χ4v) is 2.20. The van der Waals surface area contributed by atoms with E-state index in [1.54, 1.807) is 11.3 Å². The van der Waals surface area contributed by atoms with E-state index in [9.17, 15) is 4.79 Å². The molecule has 0 saturated heterocycles. The number of hydrogen-bond acceptors (Lipinski definition) is 2. The van der Waals surface area contributed by atoms with E-state index in [0.717, 1.165) is 16.5 Å². The number of nitrogens with zero attached hydrogens (tertiary/aromatic N) is 1. The molecule has 1 aromatic carbocycles. The Morgan fingerprint density at radius 3 is 3.14 bits per heavy atom. The van der Waals surface area contributed by atoms with E-state index in [1.165, 1.54) is 0 Å². The van der Waals surface area contributed by atoms with Gasteiger partial charge in [-0.2, -0.15) is 4.57 Å². The first-order valence-electron chi connectivity index (χ1n) is 4.14. The smallest absolute Gasteiger partial charge is 0.226 e. The molecule has 2 nitrogen and oxygen atoms in total. The highest BCUT2D eigenvalue weighted by Crippen LogP contribution is 2.16. The second kappa shape index (κ2) is 3.60. The molecule has 0 radical (unpaired) electrons. The van der Waals surface area contributed by atoms with Crippen LogP contribution < -0.4 is 4.57 Å². The van der Waals surface area contributed by atoms with Crippen LogP contribution in [0.5, 0.6) is 0 Å². The van der Waals surface area contributed by atoms with Crippen LogP contribution in [0.2, 0.25) is 0 Å². The minimum atomic E-state index is 0.544. The highest BCUT2D eigenvalue weighted by Gasteiger charge is 2.10. The molecule has 0 fully saturated rings. The Bertz CT molecular complexity index is 522. The van der Waals surface area contributed by atoms with Crippen molar-refractivity contribution in [3.05, 3.63) is 29.3 Å². The summed E-state index contributed by atoms with van der Waals surface area (Å²) in [6, 6.07) is 5.61. The molecular weight excluding hydrogens is 194 g/mol. The summed E-state index contributed by atoms with van der Waals surface area (Å²) in [5.74, 6) is 2.58. The molecule has 0 bridgehead atoms. The Kier molecular flexibility index (Phi) is 2.30. The zero-order valence-corrected chi connectivity index (χ0v) is 8.25. The highest BCUT2D eigenvalue weighted by atomic mass is 32.1. The van der Waals surface area contributed by atoms with Crippen molar-refractivity contribution in [2.24, 2.45) is 0 Å². The second-order valence-electron chi connectivity index (χ2n) is 2.90. The molecule has 68 valence electrons. The van der Waals surface area contributed by atoms with Crippen LogP contribution in [-0.2, 0) is 6.54 Å². The van der Waals surface area contributed by atoms with Gasteiger partial charge in [0, 0.05) is 11.6 Å². The Balaban J connectivity index is 2.64. The Morgan fingerprint density at radius 1 is 1.57 bits per heavy atom. The van der Waals surface area contributed by atoms with Gasteiger partial charge in [0.05, 0.1) is 0 Å².